The molecule has 5 nitrogen and oxygen atoms in total. The van der Waals surface area contributed by atoms with E-state index in [2.05, 4.69) is 10.4 Å². The summed E-state index contributed by atoms with van der Waals surface area (Å²) in [4.78, 5) is 15.1. The molecule has 1 amide bonds. The second-order valence-corrected chi connectivity index (χ2v) is 7.73. The molecule has 4 rings (SSSR count). The first-order chi connectivity index (χ1) is 14.0. The van der Waals surface area contributed by atoms with Crippen molar-refractivity contribution in [1.29, 1.82) is 0 Å². The molecule has 29 heavy (non-hydrogen) atoms. The molecule has 2 heterocycles. The summed E-state index contributed by atoms with van der Waals surface area (Å²) < 4.78 is 15.0. The number of nitrogens with one attached hydrogen (secondary N) is 1. The summed E-state index contributed by atoms with van der Waals surface area (Å²) in [5, 5.41) is 7.95. The van der Waals surface area contributed by atoms with E-state index in [-0.39, 0.29) is 23.7 Å². The van der Waals surface area contributed by atoms with Gasteiger partial charge in [-0.15, -0.1) is 0 Å². The Morgan fingerprint density at radius 1 is 1.14 bits per heavy atom. The second kappa shape index (κ2) is 8.07. The van der Waals surface area contributed by atoms with Gasteiger partial charge < -0.3 is 10.2 Å². The van der Waals surface area contributed by atoms with Crippen LogP contribution in [-0.4, -0.2) is 39.7 Å². The van der Waals surface area contributed by atoms with Crippen molar-refractivity contribution < 1.29 is 9.18 Å². The Hall–Kier alpha value is -3.15. The Bertz CT molecular complexity index is 982. The lowest BCUT2D eigenvalue weighted by molar-refractivity contribution is 0.0790. The van der Waals surface area contributed by atoms with Gasteiger partial charge in [-0.25, -0.2) is 9.07 Å². The van der Waals surface area contributed by atoms with Gasteiger partial charge in [-0.05, 0) is 48.7 Å². The van der Waals surface area contributed by atoms with Crippen LogP contribution in [-0.2, 0) is 0 Å². The van der Waals surface area contributed by atoms with E-state index in [1.54, 1.807) is 23.0 Å². The van der Waals surface area contributed by atoms with E-state index >= 15 is 0 Å². The number of halogens is 1. The van der Waals surface area contributed by atoms with E-state index in [0.717, 1.165) is 23.5 Å². The molecule has 0 bridgehead atoms. The molecular weight excluding hydrogens is 367 g/mol. The van der Waals surface area contributed by atoms with Gasteiger partial charge in [0.2, 0.25) is 0 Å². The van der Waals surface area contributed by atoms with Crippen LogP contribution in [0.5, 0.6) is 0 Å². The molecule has 1 saturated heterocycles. The standard InChI is InChI=1S/C23H25FN4O/c1-16(2)22-21(14-25-28(22)20-10-8-17(24)9-11-20)23(29)27-13-12-19(15-27)26-18-6-4-3-5-7-18/h3-11,14,16,19,26H,12-13,15H2,1-2H3. The van der Waals surface area contributed by atoms with Crippen LogP contribution in [0.3, 0.4) is 0 Å². The predicted octanol–water partition coefficient (Wildman–Crippen LogP) is 4.46. The van der Waals surface area contributed by atoms with Gasteiger partial charge in [-0.3, -0.25) is 4.79 Å². The summed E-state index contributed by atoms with van der Waals surface area (Å²) in [6.07, 6.45) is 2.54. The molecule has 0 saturated carbocycles. The molecule has 1 N–H and O–H groups in total. The van der Waals surface area contributed by atoms with Crippen LogP contribution in [0.2, 0.25) is 0 Å². The minimum atomic E-state index is -0.294. The van der Waals surface area contributed by atoms with Gasteiger partial charge in [0.25, 0.3) is 5.91 Å². The Labute approximate surface area is 170 Å². The number of amides is 1. The molecule has 1 aliphatic rings. The van der Waals surface area contributed by atoms with Crippen LogP contribution in [0.4, 0.5) is 10.1 Å². The number of nitrogens with zero attached hydrogens (tertiary/aromatic N) is 3. The van der Waals surface area contributed by atoms with Gasteiger partial charge in [0.1, 0.15) is 5.82 Å². The number of anilines is 1. The van der Waals surface area contributed by atoms with E-state index in [1.165, 1.54) is 12.1 Å². The van der Waals surface area contributed by atoms with E-state index < -0.39 is 0 Å². The third kappa shape index (κ3) is 4.01. The van der Waals surface area contributed by atoms with Crippen molar-refractivity contribution in [3.8, 4) is 5.69 Å². The van der Waals surface area contributed by atoms with E-state index in [4.69, 9.17) is 0 Å². The molecule has 1 aromatic heterocycles. The number of carbonyl (C=O) groups excluding carboxylic acids is 1. The number of aromatic nitrogens is 2. The van der Waals surface area contributed by atoms with E-state index in [0.29, 0.717) is 18.7 Å². The Morgan fingerprint density at radius 3 is 2.55 bits per heavy atom. The zero-order chi connectivity index (χ0) is 20.4. The SMILES string of the molecule is CC(C)c1c(C(=O)N2CCC(Nc3ccccc3)C2)cnn1-c1ccc(F)cc1. The highest BCUT2D eigenvalue weighted by atomic mass is 19.1. The number of benzene rings is 2. The number of rotatable bonds is 5. The maximum atomic E-state index is 13.3. The van der Waals surface area contributed by atoms with Gasteiger partial charge in [0, 0.05) is 24.8 Å². The van der Waals surface area contributed by atoms with Crippen LogP contribution in [0.15, 0.2) is 60.8 Å². The van der Waals surface area contributed by atoms with Crippen LogP contribution >= 0.6 is 0 Å². The van der Waals surface area contributed by atoms with Gasteiger partial charge in [0.15, 0.2) is 0 Å². The fraction of sp³-hybridized carbons (Fsp3) is 0.304. The smallest absolute Gasteiger partial charge is 0.257 e. The van der Waals surface area contributed by atoms with Crippen LogP contribution in [0.25, 0.3) is 5.69 Å². The van der Waals surface area contributed by atoms with Gasteiger partial charge in [-0.1, -0.05) is 32.0 Å². The molecule has 150 valence electrons. The lowest BCUT2D eigenvalue weighted by Gasteiger charge is -2.19. The van der Waals surface area contributed by atoms with Gasteiger partial charge in [-0.2, -0.15) is 5.10 Å². The Balaban J connectivity index is 1.54. The normalized spacial score (nSPS) is 16.4. The third-order valence-electron chi connectivity index (χ3n) is 5.27. The highest BCUT2D eigenvalue weighted by molar-refractivity contribution is 5.95. The molecular formula is C23H25FN4O. The Morgan fingerprint density at radius 2 is 1.86 bits per heavy atom. The zero-order valence-electron chi connectivity index (χ0n) is 16.7. The number of hydrogen-bond acceptors (Lipinski definition) is 3. The van der Waals surface area contributed by atoms with Crippen molar-refractivity contribution in [3.05, 3.63) is 77.9 Å². The fourth-order valence-electron chi connectivity index (χ4n) is 3.87. The second-order valence-electron chi connectivity index (χ2n) is 7.73. The summed E-state index contributed by atoms with van der Waals surface area (Å²) >= 11 is 0. The van der Waals surface area contributed by atoms with Gasteiger partial charge >= 0.3 is 0 Å². The summed E-state index contributed by atoms with van der Waals surface area (Å²) in [6, 6.07) is 16.5. The first kappa shape index (κ1) is 19.2. The van der Waals surface area contributed by atoms with Gasteiger partial charge in [0.05, 0.1) is 23.1 Å². The molecule has 3 aromatic rings. The maximum Gasteiger partial charge on any atom is 0.257 e. The Kier molecular flexibility index (Phi) is 5.34. The number of para-hydroxylation sites is 1. The van der Waals surface area contributed by atoms with Crippen LogP contribution < -0.4 is 5.32 Å². The molecule has 1 aliphatic heterocycles. The summed E-state index contributed by atoms with van der Waals surface area (Å²) in [7, 11) is 0. The third-order valence-corrected chi connectivity index (χ3v) is 5.27. The molecule has 6 heteroatoms. The molecule has 0 aliphatic carbocycles. The van der Waals surface area contributed by atoms with Crippen molar-refractivity contribution in [1.82, 2.24) is 14.7 Å². The number of likely N-dealkylation sites (tertiary alicyclic amines) is 1. The van der Waals surface area contributed by atoms with Crippen molar-refractivity contribution in [2.75, 3.05) is 18.4 Å². The van der Waals surface area contributed by atoms with E-state index in [9.17, 15) is 9.18 Å². The van der Waals surface area contributed by atoms with Crippen LogP contribution in [0.1, 0.15) is 42.2 Å². The average molecular weight is 392 g/mol. The molecule has 1 fully saturated rings. The van der Waals surface area contributed by atoms with Crippen molar-refractivity contribution in [2.24, 2.45) is 0 Å². The molecule has 0 spiro atoms. The first-order valence-electron chi connectivity index (χ1n) is 9.97. The average Bonchev–Trinajstić information content (AvgIpc) is 3.36. The minimum Gasteiger partial charge on any atom is -0.380 e. The predicted molar refractivity (Wildman–Crippen MR) is 112 cm³/mol. The highest BCUT2D eigenvalue weighted by Gasteiger charge is 2.30. The topological polar surface area (TPSA) is 50.2 Å². The van der Waals surface area contributed by atoms with Crippen LogP contribution in [0, 0.1) is 5.82 Å². The minimum absolute atomic E-state index is 0.000534. The molecule has 2 aromatic carbocycles. The largest absolute Gasteiger partial charge is 0.380 e. The van der Waals surface area contributed by atoms with Crippen molar-refractivity contribution >= 4 is 11.6 Å². The summed E-state index contributed by atoms with van der Waals surface area (Å²) in [5.41, 5.74) is 3.28. The fourth-order valence-corrected chi connectivity index (χ4v) is 3.87. The number of carbonyl (C=O) groups is 1. The molecule has 0 radical (unpaired) electrons. The quantitative estimate of drug-likeness (QED) is 0.697. The maximum absolute atomic E-state index is 13.3. The highest BCUT2D eigenvalue weighted by Crippen LogP contribution is 2.26. The molecule has 1 unspecified atom stereocenters. The lowest BCUT2D eigenvalue weighted by Crippen LogP contribution is -2.32. The molecule has 1 atom stereocenters. The van der Waals surface area contributed by atoms with E-state index in [1.807, 2.05) is 49.1 Å². The van der Waals surface area contributed by atoms with Crippen molar-refractivity contribution in [2.45, 2.75) is 32.2 Å². The summed E-state index contributed by atoms with van der Waals surface area (Å²) in [6.45, 7) is 5.45. The number of hydrogen-bond donors (Lipinski definition) is 1. The lowest BCUT2D eigenvalue weighted by atomic mass is 10.0. The first-order valence-corrected chi connectivity index (χ1v) is 9.97. The summed E-state index contributed by atoms with van der Waals surface area (Å²) in [5.74, 6) is -0.195. The zero-order valence-corrected chi connectivity index (χ0v) is 16.7. The monoisotopic (exact) mass is 392 g/mol. The van der Waals surface area contributed by atoms with Crippen molar-refractivity contribution in [3.63, 3.8) is 0 Å².